The summed E-state index contributed by atoms with van der Waals surface area (Å²) in [6.45, 7) is 0.850. The summed E-state index contributed by atoms with van der Waals surface area (Å²) in [5.41, 5.74) is 0.177. The minimum absolute atomic E-state index is 0.0276. The predicted octanol–water partition coefficient (Wildman–Crippen LogP) is 1.76. The molecule has 1 heterocycles. The molecular weight excluding hydrogens is 303 g/mol. The second-order valence-electron chi connectivity index (χ2n) is 4.15. The van der Waals surface area contributed by atoms with Crippen LogP contribution >= 0.6 is 15.9 Å². The summed E-state index contributed by atoms with van der Waals surface area (Å²) in [5, 5.41) is 5.61. The maximum absolute atomic E-state index is 13.5. The first-order valence-electron chi connectivity index (χ1n) is 5.62. The highest BCUT2D eigenvalue weighted by Crippen LogP contribution is 2.22. The maximum atomic E-state index is 13.5. The number of rotatable bonds is 3. The number of hydrogen-bond acceptors (Lipinski definition) is 3. The van der Waals surface area contributed by atoms with Crippen LogP contribution in [0.25, 0.3) is 0 Å². The summed E-state index contributed by atoms with van der Waals surface area (Å²) in [4.78, 5) is 12.0. The second-order valence-corrected chi connectivity index (χ2v) is 5.07. The Morgan fingerprint density at radius 2 is 2.28 bits per heavy atom. The first-order chi connectivity index (χ1) is 8.61. The highest BCUT2D eigenvalue weighted by atomic mass is 79.9. The van der Waals surface area contributed by atoms with E-state index in [4.69, 9.17) is 4.74 Å². The Labute approximate surface area is 113 Å². The molecule has 1 aromatic rings. The summed E-state index contributed by atoms with van der Waals surface area (Å²) < 4.78 is 19.5. The summed E-state index contributed by atoms with van der Waals surface area (Å²) >= 11 is 3.24. The van der Waals surface area contributed by atoms with Gasteiger partial charge in [0.15, 0.2) is 0 Å². The number of carbonyl (C=O) groups is 1. The van der Waals surface area contributed by atoms with Gasteiger partial charge in [-0.3, -0.25) is 4.79 Å². The molecule has 1 aromatic carbocycles. The Morgan fingerprint density at radius 1 is 1.50 bits per heavy atom. The topological polar surface area (TPSA) is 50.4 Å². The average Bonchev–Trinajstić information content (AvgIpc) is 2.82. The zero-order valence-electron chi connectivity index (χ0n) is 9.87. The number of likely N-dealkylation sites (N-methyl/N-ethyl adjacent to an activating group) is 1. The van der Waals surface area contributed by atoms with Gasteiger partial charge in [-0.05, 0) is 25.2 Å². The largest absolute Gasteiger partial charge is 0.379 e. The summed E-state index contributed by atoms with van der Waals surface area (Å²) in [5.74, 6) is -0.983. The maximum Gasteiger partial charge on any atom is 0.231 e. The Balaban J connectivity index is 2.09. The van der Waals surface area contributed by atoms with E-state index in [9.17, 15) is 9.18 Å². The third kappa shape index (κ3) is 2.88. The second kappa shape index (κ2) is 5.77. The van der Waals surface area contributed by atoms with Crippen LogP contribution in [0.15, 0.2) is 22.7 Å². The van der Waals surface area contributed by atoms with Crippen LogP contribution in [-0.2, 0) is 9.53 Å². The van der Waals surface area contributed by atoms with Gasteiger partial charge in [0.2, 0.25) is 5.91 Å². The molecule has 2 atom stereocenters. The smallest absolute Gasteiger partial charge is 0.231 e. The van der Waals surface area contributed by atoms with Gasteiger partial charge in [0.25, 0.3) is 0 Å². The van der Waals surface area contributed by atoms with E-state index in [-0.39, 0.29) is 23.6 Å². The summed E-state index contributed by atoms with van der Waals surface area (Å²) in [6.07, 6.45) is 0. The van der Waals surface area contributed by atoms with Crippen molar-refractivity contribution in [1.82, 2.24) is 5.32 Å². The van der Waals surface area contributed by atoms with E-state index in [1.165, 1.54) is 12.1 Å². The van der Waals surface area contributed by atoms with Crippen LogP contribution in [-0.4, -0.2) is 32.2 Å². The normalized spacial score (nSPS) is 23.1. The van der Waals surface area contributed by atoms with Crippen LogP contribution in [0.2, 0.25) is 0 Å². The standard InChI is InChI=1S/C12H14BrFN2O2/c1-15-11-6-18-5-8(11)12(17)16-10-4-7(13)2-3-9(10)14/h2-4,8,11,15H,5-6H2,1H3,(H,16,17). The van der Waals surface area contributed by atoms with Gasteiger partial charge in [0.05, 0.1) is 24.8 Å². The van der Waals surface area contributed by atoms with E-state index in [0.29, 0.717) is 17.7 Å². The molecule has 1 amide bonds. The molecule has 0 saturated carbocycles. The van der Waals surface area contributed by atoms with Gasteiger partial charge in [0.1, 0.15) is 5.82 Å². The average molecular weight is 317 g/mol. The molecule has 18 heavy (non-hydrogen) atoms. The van der Waals surface area contributed by atoms with Crippen molar-refractivity contribution in [3.05, 3.63) is 28.5 Å². The van der Waals surface area contributed by atoms with Crippen molar-refractivity contribution >= 4 is 27.5 Å². The summed E-state index contributed by atoms with van der Waals surface area (Å²) in [7, 11) is 1.78. The van der Waals surface area contributed by atoms with Crippen molar-refractivity contribution in [2.75, 3.05) is 25.6 Å². The minimum atomic E-state index is -0.452. The SMILES string of the molecule is CNC1COCC1C(=O)Nc1cc(Br)ccc1F. The Kier molecular flexibility index (Phi) is 4.31. The third-order valence-electron chi connectivity index (χ3n) is 2.97. The first kappa shape index (κ1) is 13.5. The lowest BCUT2D eigenvalue weighted by molar-refractivity contribution is -0.120. The molecule has 0 aromatic heterocycles. The van der Waals surface area contributed by atoms with Crippen LogP contribution in [0.5, 0.6) is 0 Å². The van der Waals surface area contributed by atoms with Gasteiger partial charge >= 0.3 is 0 Å². The number of amides is 1. The van der Waals surface area contributed by atoms with Crippen molar-refractivity contribution < 1.29 is 13.9 Å². The number of carbonyl (C=O) groups excluding carboxylic acids is 1. The fourth-order valence-electron chi connectivity index (χ4n) is 1.92. The van der Waals surface area contributed by atoms with Crippen LogP contribution < -0.4 is 10.6 Å². The molecule has 2 N–H and O–H groups in total. The quantitative estimate of drug-likeness (QED) is 0.893. The van der Waals surface area contributed by atoms with Crippen LogP contribution in [0.1, 0.15) is 0 Å². The lowest BCUT2D eigenvalue weighted by atomic mass is 10.0. The van der Waals surface area contributed by atoms with Crippen molar-refractivity contribution in [1.29, 1.82) is 0 Å². The van der Waals surface area contributed by atoms with Crippen molar-refractivity contribution in [3.63, 3.8) is 0 Å². The van der Waals surface area contributed by atoms with E-state index in [2.05, 4.69) is 26.6 Å². The van der Waals surface area contributed by atoms with Gasteiger partial charge in [-0.15, -0.1) is 0 Å². The van der Waals surface area contributed by atoms with E-state index in [0.717, 1.165) is 0 Å². The number of halogens is 2. The predicted molar refractivity (Wildman–Crippen MR) is 69.9 cm³/mol. The molecule has 0 radical (unpaired) electrons. The monoisotopic (exact) mass is 316 g/mol. The minimum Gasteiger partial charge on any atom is -0.379 e. The van der Waals surface area contributed by atoms with Crippen LogP contribution in [0.4, 0.5) is 10.1 Å². The highest BCUT2D eigenvalue weighted by Gasteiger charge is 2.33. The van der Waals surface area contributed by atoms with Crippen molar-refractivity contribution in [2.45, 2.75) is 6.04 Å². The van der Waals surface area contributed by atoms with Gasteiger partial charge in [-0.25, -0.2) is 4.39 Å². The fraction of sp³-hybridized carbons (Fsp3) is 0.417. The molecule has 0 aliphatic carbocycles. The Morgan fingerprint density at radius 3 is 3.00 bits per heavy atom. The Hall–Kier alpha value is -0.980. The van der Waals surface area contributed by atoms with Crippen molar-refractivity contribution in [2.24, 2.45) is 5.92 Å². The van der Waals surface area contributed by atoms with E-state index in [1.54, 1.807) is 13.1 Å². The molecule has 98 valence electrons. The molecule has 0 spiro atoms. The molecular formula is C12H14BrFN2O2. The number of hydrogen-bond donors (Lipinski definition) is 2. The Bertz CT molecular complexity index is 456. The lowest BCUT2D eigenvalue weighted by Crippen LogP contribution is -2.39. The zero-order valence-corrected chi connectivity index (χ0v) is 11.5. The lowest BCUT2D eigenvalue weighted by Gasteiger charge is -2.16. The molecule has 0 bridgehead atoms. The molecule has 1 aliphatic heterocycles. The van der Waals surface area contributed by atoms with Gasteiger partial charge in [-0.1, -0.05) is 15.9 Å². The van der Waals surface area contributed by atoms with E-state index in [1.807, 2.05) is 0 Å². The van der Waals surface area contributed by atoms with Gasteiger partial charge < -0.3 is 15.4 Å². The number of anilines is 1. The molecule has 1 aliphatic rings. The van der Waals surface area contributed by atoms with Gasteiger partial charge in [0, 0.05) is 10.5 Å². The third-order valence-corrected chi connectivity index (χ3v) is 3.47. The fourth-order valence-corrected chi connectivity index (χ4v) is 2.28. The summed E-state index contributed by atoms with van der Waals surface area (Å²) in [6, 6.07) is 4.40. The number of nitrogens with one attached hydrogen (secondary N) is 2. The van der Waals surface area contributed by atoms with Crippen LogP contribution in [0, 0.1) is 11.7 Å². The zero-order chi connectivity index (χ0) is 13.1. The number of ether oxygens (including phenoxy) is 1. The van der Waals surface area contributed by atoms with Crippen LogP contribution in [0.3, 0.4) is 0 Å². The molecule has 6 heteroatoms. The van der Waals surface area contributed by atoms with Gasteiger partial charge in [-0.2, -0.15) is 0 Å². The first-order valence-corrected chi connectivity index (χ1v) is 6.42. The van der Waals surface area contributed by atoms with E-state index >= 15 is 0 Å². The molecule has 2 unspecified atom stereocenters. The molecule has 1 fully saturated rings. The highest BCUT2D eigenvalue weighted by molar-refractivity contribution is 9.10. The molecule has 1 saturated heterocycles. The van der Waals surface area contributed by atoms with Crippen molar-refractivity contribution in [3.8, 4) is 0 Å². The molecule has 4 nitrogen and oxygen atoms in total. The number of benzene rings is 1. The van der Waals surface area contributed by atoms with E-state index < -0.39 is 5.82 Å². The molecule has 2 rings (SSSR count).